The van der Waals surface area contributed by atoms with Crippen molar-refractivity contribution < 1.29 is 18.3 Å². The fraction of sp³-hybridized carbons (Fsp3) is 0.893. The summed E-state index contributed by atoms with van der Waals surface area (Å²) in [6.07, 6.45) is 7.97. The smallest absolute Gasteiger partial charge is 0.330 e. The van der Waals surface area contributed by atoms with Gasteiger partial charge in [-0.15, -0.1) is 0 Å². The fourth-order valence-electron chi connectivity index (χ4n) is 7.07. The molecule has 5 atom stereocenters. The zero-order chi connectivity index (χ0) is 24.9. The van der Waals surface area contributed by atoms with Crippen LogP contribution in [-0.4, -0.2) is 32.7 Å². The molecule has 2 saturated carbocycles. The van der Waals surface area contributed by atoms with Gasteiger partial charge in [-0.05, 0) is 107 Å². The molecule has 0 bridgehead atoms. The van der Waals surface area contributed by atoms with E-state index in [-0.39, 0.29) is 11.4 Å². The summed E-state index contributed by atoms with van der Waals surface area (Å²) in [6, 6.07) is 3.15. The average Bonchev–Trinajstić information content (AvgIpc) is 3.13. The van der Waals surface area contributed by atoms with Crippen molar-refractivity contribution in [3.63, 3.8) is 0 Å². The Balaban J connectivity index is 2.03. The van der Waals surface area contributed by atoms with Gasteiger partial charge in [0.25, 0.3) is 0 Å². The van der Waals surface area contributed by atoms with Gasteiger partial charge in [-0.25, -0.2) is 9.18 Å². The van der Waals surface area contributed by atoms with Gasteiger partial charge in [0.1, 0.15) is 6.17 Å². The summed E-state index contributed by atoms with van der Waals surface area (Å²) in [5.41, 5.74) is 0.786. The number of ether oxygens (including phenoxy) is 1. The quantitative estimate of drug-likeness (QED) is 0.160. The van der Waals surface area contributed by atoms with Crippen LogP contribution in [0.5, 0.6) is 0 Å². The standard InChI is InChI=1S/C28H51FO3Si/c1-9-31-26(30)20-22-14-13-19-28(8)23(16-17-24(22)28)21(5)15-18-25(29)27(6,7)32-33(10-2,11-3)12-4/h20-21,23-25H,9-19H2,1-8H3/b22-20+/t21-,23-,24+,25+,28-/m1/s1. The summed E-state index contributed by atoms with van der Waals surface area (Å²) in [5, 5.41) is 0. The number of hydrogen-bond acceptors (Lipinski definition) is 3. The molecule has 0 spiro atoms. The Morgan fingerprint density at radius 3 is 2.39 bits per heavy atom. The monoisotopic (exact) mass is 482 g/mol. The second kappa shape index (κ2) is 11.8. The average molecular weight is 483 g/mol. The van der Waals surface area contributed by atoms with Gasteiger partial charge in [0.15, 0.2) is 8.32 Å². The molecule has 2 aliphatic carbocycles. The van der Waals surface area contributed by atoms with Crippen molar-refractivity contribution in [2.24, 2.45) is 23.2 Å². The first-order valence-corrected chi connectivity index (χ1v) is 16.2. The lowest BCUT2D eigenvalue weighted by Gasteiger charge is -2.45. The summed E-state index contributed by atoms with van der Waals surface area (Å²) in [5.74, 6) is 1.33. The third-order valence-electron chi connectivity index (χ3n) is 9.36. The van der Waals surface area contributed by atoms with Crippen LogP contribution in [0.1, 0.15) is 100 Å². The number of allylic oxidation sites excluding steroid dienone is 1. The minimum Gasteiger partial charge on any atom is -0.463 e. The van der Waals surface area contributed by atoms with E-state index in [0.29, 0.717) is 30.8 Å². The van der Waals surface area contributed by atoms with E-state index in [9.17, 15) is 4.79 Å². The molecular formula is C28H51FO3Si. The number of rotatable bonds is 12. The van der Waals surface area contributed by atoms with Crippen LogP contribution in [0.3, 0.4) is 0 Å². The molecule has 2 aliphatic rings. The number of esters is 1. The second-order valence-corrected chi connectivity index (χ2v) is 16.2. The molecule has 0 heterocycles. The molecule has 0 aliphatic heterocycles. The zero-order valence-electron chi connectivity index (χ0n) is 22.8. The Morgan fingerprint density at radius 2 is 1.82 bits per heavy atom. The lowest BCUT2D eigenvalue weighted by Crippen LogP contribution is -2.49. The van der Waals surface area contributed by atoms with Gasteiger partial charge in [0.2, 0.25) is 0 Å². The molecule has 192 valence electrons. The van der Waals surface area contributed by atoms with Crippen LogP contribution in [0.4, 0.5) is 4.39 Å². The Labute approximate surface area is 204 Å². The van der Waals surface area contributed by atoms with Crippen LogP contribution >= 0.6 is 0 Å². The topological polar surface area (TPSA) is 35.5 Å². The zero-order valence-corrected chi connectivity index (χ0v) is 23.8. The van der Waals surface area contributed by atoms with Gasteiger partial charge < -0.3 is 9.16 Å². The van der Waals surface area contributed by atoms with Crippen molar-refractivity contribution >= 4 is 14.3 Å². The SMILES string of the molecule is CCOC(=O)/C=C1\CCC[C@]2(C)[C@@H]([C@H](C)CC[C@H](F)C(C)(C)O[Si](CC)(CC)CC)CC[C@@H]12. The molecule has 0 aromatic rings. The van der Waals surface area contributed by atoms with Gasteiger partial charge >= 0.3 is 5.97 Å². The van der Waals surface area contributed by atoms with Gasteiger partial charge in [-0.1, -0.05) is 40.2 Å². The van der Waals surface area contributed by atoms with Crippen molar-refractivity contribution in [1.82, 2.24) is 0 Å². The highest BCUT2D eigenvalue weighted by Gasteiger charge is 2.51. The van der Waals surface area contributed by atoms with E-state index in [0.717, 1.165) is 43.8 Å². The van der Waals surface area contributed by atoms with Crippen LogP contribution < -0.4 is 0 Å². The minimum atomic E-state index is -1.84. The fourth-order valence-corrected chi connectivity index (χ4v) is 10.2. The van der Waals surface area contributed by atoms with E-state index >= 15 is 4.39 Å². The Kier molecular flexibility index (Phi) is 10.2. The molecule has 0 aromatic heterocycles. The second-order valence-electron chi connectivity index (χ2n) is 11.5. The molecule has 2 fully saturated rings. The third kappa shape index (κ3) is 6.51. The number of fused-ring (bicyclic) bond motifs is 1. The van der Waals surface area contributed by atoms with Crippen LogP contribution in [0, 0.1) is 23.2 Å². The lowest BCUT2D eigenvalue weighted by atomic mass is 9.60. The number of alkyl halides is 1. The van der Waals surface area contributed by atoms with Crippen molar-refractivity contribution in [3.8, 4) is 0 Å². The molecule has 0 N–H and O–H groups in total. The normalized spacial score (nSPS) is 29.1. The summed E-state index contributed by atoms with van der Waals surface area (Å²) < 4.78 is 27.3. The molecule has 0 radical (unpaired) electrons. The Morgan fingerprint density at radius 1 is 1.18 bits per heavy atom. The summed E-state index contributed by atoms with van der Waals surface area (Å²) in [4.78, 5) is 12.1. The van der Waals surface area contributed by atoms with Crippen LogP contribution in [0.25, 0.3) is 0 Å². The van der Waals surface area contributed by atoms with E-state index in [1.807, 2.05) is 20.8 Å². The lowest BCUT2D eigenvalue weighted by molar-refractivity contribution is -0.137. The predicted molar refractivity (Wildman–Crippen MR) is 139 cm³/mol. The summed E-state index contributed by atoms with van der Waals surface area (Å²) >= 11 is 0. The van der Waals surface area contributed by atoms with Gasteiger partial charge in [-0.2, -0.15) is 0 Å². The highest BCUT2D eigenvalue weighted by Crippen LogP contribution is 2.60. The first-order valence-electron chi connectivity index (χ1n) is 13.7. The maximum Gasteiger partial charge on any atom is 0.330 e. The van der Waals surface area contributed by atoms with Crippen LogP contribution in [0.15, 0.2) is 11.6 Å². The highest BCUT2D eigenvalue weighted by molar-refractivity contribution is 6.73. The number of halogens is 1. The third-order valence-corrected chi connectivity index (χ3v) is 14.2. The van der Waals surface area contributed by atoms with Gasteiger partial charge in [0, 0.05) is 6.08 Å². The number of carbonyl (C=O) groups is 1. The van der Waals surface area contributed by atoms with Crippen molar-refractivity contribution in [1.29, 1.82) is 0 Å². The van der Waals surface area contributed by atoms with E-state index < -0.39 is 20.1 Å². The largest absolute Gasteiger partial charge is 0.463 e. The summed E-state index contributed by atoms with van der Waals surface area (Å²) in [6.45, 7) is 17.6. The van der Waals surface area contributed by atoms with E-state index in [1.165, 1.54) is 18.4 Å². The first kappa shape index (κ1) is 28.6. The minimum absolute atomic E-state index is 0.193. The van der Waals surface area contributed by atoms with E-state index in [1.54, 1.807) is 6.08 Å². The highest BCUT2D eigenvalue weighted by atomic mass is 28.4. The van der Waals surface area contributed by atoms with E-state index in [2.05, 4.69) is 34.6 Å². The van der Waals surface area contributed by atoms with Gasteiger partial charge in [-0.3, -0.25) is 0 Å². The molecule has 0 aromatic carbocycles. The van der Waals surface area contributed by atoms with Crippen LogP contribution in [0.2, 0.25) is 18.1 Å². The molecule has 0 saturated heterocycles. The van der Waals surface area contributed by atoms with Crippen molar-refractivity contribution in [3.05, 3.63) is 11.6 Å². The Bertz CT molecular complexity index is 664. The van der Waals surface area contributed by atoms with Crippen molar-refractivity contribution in [2.45, 2.75) is 130 Å². The van der Waals surface area contributed by atoms with Crippen molar-refractivity contribution in [2.75, 3.05) is 6.61 Å². The first-order chi connectivity index (χ1) is 15.5. The molecule has 0 amide bonds. The predicted octanol–water partition coefficient (Wildman–Crippen LogP) is 8.25. The van der Waals surface area contributed by atoms with Gasteiger partial charge in [0.05, 0.1) is 12.2 Å². The maximum atomic E-state index is 15.5. The molecule has 5 heteroatoms. The molecular weight excluding hydrogens is 431 g/mol. The molecule has 0 unspecified atom stereocenters. The molecule has 2 rings (SSSR count). The Hall–Kier alpha value is -0.683. The van der Waals surface area contributed by atoms with E-state index in [4.69, 9.17) is 9.16 Å². The number of hydrogen-bond donors (Lipinski definition) is 0. The summed E-state index contributed by atoms with van der Waals surface area (Å²) in [7, 11) is -1.84. The van der Waals surface area contributed by atoms with Crippen LogP contribution in [-0.2, 0) is 14.0 Å². The maximum absolute atomic E-state index is 15.5. The number of carbonyl (C=O) groups excluding carboxylic acids is 1. The molecule has 3 nitrogen and oxygen atoms in total. The molecule has 33 heavy (non-hydrogen) atoms.